The van der Waals surface area contributed by atoms with Gasteiger partial charge in [-0.1, -0.05) is 54.6 Å². The molecule has 2 unspecified atom stereocenters. The minimum Gasteiger partial charge on any atom is -0.457 e. The van der Waals surface area contributed by atoms with E-state index in [1.54, 1.807) is 0 Å². The van der Waals surface area contributed by atoms with Crippen LogP contribution in [0.25, 0.3) is 0 Å². The lowest BCUT2D eigenvalue weighted by Gasteiger charge is -2.14. The zero-order valence-electron chi connectivity index (χ0n) is 16.1. The van der Waals surface area contributed by atoms with Crippen molar-refractivity contribution in [1.82, 2.24) is 4.72 Å². The molecule has 0 aromatic heterocycles. The number of rotatable bonds is 7. The predicted molar refractivity (Wildman–Crippen MR) is 118 cm³/mol. The van der Waals surface area contributed by atoms with Crippen molar-refractivity contribution < 1.29 is 9.53 Å². The molecule has 5 heteroatoms. The second kappa shape index (κ2) is 9.16. The number of hydrogen-bond donors (Lipinski definition) is 2. The third-order valence-electron chi connectivity index (χ3n) is 5.07. The van der Waals surface area contributed by atoms with Crippen LogP contribution in [0.1, 0.15) is 40.8 Å². The van der Waals surface area contributed by atoms with Gasteiger partial charge in [0, 0.05) is 12.5 Å². The molecule has 1 amide bonds. The lowest BCUT2D eigenvalue weighted by Crippen LogP contribution is -2.11. The number of nitrogens with one attached hydrogen (secondary N) is 1. The Labute approximate surface area is 175 Å². The summed E-state index contributed by atoms with van der Waals surface area (Å²) < 4.78 is 8.64. The van der Waals surface area contributed by atoms with Crippen LogP contribution in [0.5, 0.6) is 11.5 Å². The third-order valence-corrected chi connectivity index (χ3v) is 6.14. The number of nitrogens with two attached hydrogens (primary N) is 1. The standard InChI is InChI=1S/C24H24N2O2S/c25-22(18-9-11-19(12-10-18)23-16-24(27)26-29-23)15-8-17-6-13-21(14-7-17)28-20-4-2-1-3-5-20/h1-7,9-14,22-23H,8,15-16,25H2,(H,26,27). The molecular formula is C24H24N2O2S. The van der Waals surface area contributed by atoms with Crippen molar-refractivity contribution in [3.05, 3.63) is 95.6 Å². The van der Waals surface area contributed by atoms with Gasteiger partial charge in [-0.3, -0.25) is 9.52 Å². The highest BCUT2D eigenvalue weighted by Crippen LogP contribution is 2.35. The van der Waals surface area contributed by atoms with E-state index in [0.717, 1.165) is 29.9 Å². The minimum absolute atomic E-state index is 0.0136. The second-order valence-corrected chi connectivity index (χ2v) is 8.22. The number of ether oxygens (including phenoxy) is 1. The van der Waals surface area contributed by atoms with E-state index in [4.69, 9.17) is 10.5 Å². The van der Waals surface area contributed by atoms with Gasteiger partial charge in [-0.25, -0.2) is 0 Å². The zero-order chi connectivity index (χ0) is 20.1. The number of aryl methyl sites for hydroxylation is 1. The molecule has 3 aromatic rings. The van der Waals surface area contributed by atoms with Gasteiger partial charge in [0.2, 0.25) is 5.91 Å². The molecular weight excluding hydrogens is 380 g/mol. The fourth-order valence-corrected chi connectivity index (χ4v) is 4.25. The number of amides is 1. The maximum atomic E-state index is 11.4. The van der Waals surface area contributed by atoms with Crippen molar-refractivity contribution in [2.45, 2.75) is 30.6 Å². The Bertz CT molecular complexity index is 943. The smallest absolute Gasteiger partial charge is 0.231 e. The minimum atomic E-state index is -0.0136. The highest BCUT2D eigenvalue weighted by Gasteiger charge is 2.24. The first kappa shape index (κ1) is 19.6. The lowest BCUT2D eigenvalue weighted by atomic mass is 9.98. The molecule has 2 atom stereocenters. The highest BCUT2D eigenvalue weighted by molar-refractivity contribution is 7.98. The van der Waals surface area contributed by atoms with Crippen LogP contribution in [-0.2, 0) is 11.2 Å². The molecule has 4 rings (SSSR count). The molecule has 1 heterocycles. The van der Waals surface area contributed by atoms with Crippen LogP contribution in [0.15, 0.2) is 78.9 Å². The average Bonchev–Trinajstić information content (AvgIpc) is 3.20. The van der Waals surface area contributed by atoms with Crippen molar-refractivity contribution in [2.24, 2.45) is 5.73 Å². The van der Waals surface area contributed by atoms with E-state index < -0.39 is 0 Å². The van der Waals surface area contributed by atoms with Crippen molar-refractivity contribution in [3.63, 3.8) is 0 Å². The summed E-state index contributed by atoms with van der Waals surface area (Å²) >= 11 is 1.49. The SMILES string of the molecule is NC(CCc1ccc(Oc2ccccc2)cc1)c1ccc(C2CC(=O)NS2)cc1. The van der Waals surface area contributed by atoms with E-state index in [9.17, 15) is 4.79 Å². The molecule has 1 saturated heterocycles. The highest BCUT2D eigenvalue weighted by atomic mass is 32.2. The van der Waals surface area contributed by atoms with Crippen LogP contribution < -0.4 is 15.2 Å². The van der Waals surface area contributed by atoms with Crippen LogP contribution in [0, 0.1) is 0 Å². The summed E-state index contributed by atoms with van der Waals surface area (Å²) in [6, 6.07) is 26.3. The molecule has 0 radical (unpaired) electrons. The third kappa shape index (κ3) is 5.19. The Morgan fingerprint density at radius 3 is 2.31 bits per heavy atom. The van der Waals surface area contributed by atoms with Gasteiger partial charge in [-0.15, -0.1) is 0 Å². The van der Waals surface area contributed by atoms with E-state index in [1.807, 2.05) is 42.5 Å². The van der Waals surface area contributed by atoms with Crippen LogP contribution in [0.2, 0.25) is 0 Å². The van der Waals surface area contributed by atoms with Gasteiger partial charge in [0.25, 0.3) is 0 Å². The first-order valence-electron chi connectivity index (χ1n) is 9.79. The number of benzene rings is 3. The van der Waals surface area contributed by atoms with Crippen LogP contribution in [-0.4, -0.2) is 5.91 Å². The van der Waals surface area contributed by atoms with E-state index in [1.165, 1.54) is 23.1 Å². The van der Waals surface area contributed by atoms with Crippen molar-refractivity contribution in [3.8, 4) is 11.5 Å². The second-order valence-electron chi connectivity index (χ2n) is 7.21. The van der Waals surface area contributed by atoms with Gasteiger partial charge in [0.05, 0.1) is 5.25 Å². The summed E-state index contributed by atoms with van der Waals surface area (Å²) in [5.41, 5.74) is 9.93. The maximum absolute atomic E-state index is 11.4. The normalized spacial score (nSPS) is 17.0. The van der Waals surface area contributed by atoms with Crippen LogP contribution in [0.4, 0.5) is 0 Å². The summed E-state index contributed by atoms with van der Waals surface area (Å²) in [7, 11) is 0. The van der Waals surface area contributed by atoms with Gasteiger partial charge in [-0.05, 0) is 65.7 Å². The summed E-state index contributed by atoms with van der Waals surface area (Å²) in [5.74, 6) is 1.76. The number of carbonyl (C=O) groups excluding carboxylic acids is 1. The first-order chi connectivity index (χ1) is 14.2. The summed E-state index contributed by atoms with van der Waals surface area (Å²) in [4.78, 5) is 11.4. The van der Waals surface area contributed by atoms with E-state index in [-0.39, 0.29) is 17.2 Å². The van der Waals surface area contributed by atoms with Crippen LogP contribution in [0.3, 0.4) is 0 Å². The zero-order valence-corrected chi connectivity index (χ0v) is 16.9. The molecule has 0 aliphatic carbocycles. The Morgan fingerprint density at radius 1 is 0.966 bits per heavy atom. The molecule has 1 aliphatic rings. The number of carbonyl (C=O) groups is 1. The van der Waals surface area contributed by atoms with Crippen LogP contribution >= 0.6 is 11.9 Å². The molecule has 4 nitrogen and oxygen atoms in total. The maximum Gasteiger partial charge on any atom is 0.231 e. The van der Waals surface area contributed by atoms with Crippen molar-refractivity contribution in [1.29, 1.82) is 0 Å². The fraction of sp³-hybridized carbons (Fsp3) is 0.208. The van der Waals surface area contributed by atoms with Crippen molar-refractivity contribution in [2.75, 3.05) is 0 Å². The number of para-hydroxylation sites is 1. The molecule has 3 aromatic carbocycles. The van der Waals surface area contributed by atoms with Gasteiger partial charge < -0.3 is 10.5 Å². The molecule has 3 N–H and O–H groups in total. The Kier molecular flexibility index (Phi) is 6.17. The molecule has 0 saturated carbocycles. The van der Waals surface area contributed by atoms with Gasteiger partial charge in [-0.2, -0.15) is 0 Å². The topological polar surface area (TPSA) is 64.3 Å². The average molecular weight is 405 g/mol. The molecule has 148 valence electrons. The Hall–Kier alpha value is -2.76. The molecule has 29 heavy (non-hydrogen) atoms. The molecule has 0 spiro atoms. The predicted octanol–water partition coefficient (Wildman–Crippen LogP) is 5.32. The first-order valence-corrected chi connectivity index (χ1v) is 10.7. The summed E-state index contributed by atoms with van der Waals surface area (Å²) in [6.45, 7) is 0. The quantitative estimate of drug-likeness (QED) is 0.523. The molecule has 1 fully saturated rings. The fourth-order valence-electron chi connectivity index (χ4n) is 3.37. The van der Waals surface area contributed by atoms with E-state index in [2.05, 4.69) is 41.1 Å². The van der Waals surface area contributed by atoms with E-state index in [0.29, 0.717) is 6.42 Å². The van der Waals surface area contributed by atoms with Gasteiger partial charge in [0.1, 0.15) is 11.5 Å². The monoisotopic (exact) mass is 404 g/mol. The van der Waals surface area contributed by atoms with Gasteiger partial charge in [0.15, 0.2) is 0 Å². The Balaban J connectivity index is 1.30. The van der Waals surface area contributed by atoms with Gasteiger partial charge >= 0.3 is 0 Å². The molecule has 0 bridgehead atoms. The summed E-state index contributed by atoms with van der Waals surface area (Å²) in [6.07, 6.45) is 2.32. The number of hydrogen-bond acceptors (Lipinski definition) is 4. The Morgan fingerprint density at radius 2 is 1.66 bits per heavy atom. The lowest BCUT2D eigenvalue weighted by molar-refractivity contribution is -0.118. The van der Waals surface area contributed by atoms with Crippen molar-refractivity contribution >= 4 is 17.9 Å². The summed E-state index contributed by atoms with van der Waals surface area (Å²) in [5, 5.41) is 0.199. The largest absolute Gasteiger partial charge is 0.457 e. The van der Waals surface area contributed by atoms with E-state index >= 15 is 0 Å². The molecule has 1 aliphatic heterocycles.